The van der Waals surface area contributed by atoms with Gasteiger partial charge in [0.05, 0.1) is 18.1 Å². The summed E-state index contributed by atoms with van der Waals surface area (Å²) in [4.78, 5) is 9.09. The quantitative estimate of drug-likeness (QED) is 0.404. The van der Waals surface area contributed by atoms with Crippen LogP contribution in [0, 0.1) is 0 Å². The van der Waals surface area contributed by atoms with Gasteiger partial charge in [-0.25, -0.2) is 14.7 Å². The molecule has 5 nitrogen and oxygen atoms in total. The second-order valence-corrected chi connectivity index (χ2v) is 7.17. The summed E-state index contributed by atoms with van der Waals surface area (Å²) < 4.78 is 2.48. The minimum absolute atomic E-state index is 0.145. The Bertz CT molecular complexity index is 1170. The molecular formula is C23H17BrN4O. The number of imidazole rings is 1. The molecule has 142 valence electrons. The number of benzene rings is 3. The fourth-order valence-electron chi connectivity index (χ4n) is 2.71. The van der Waals surface area contributed by atoms with E-state index in [0.717, 1.165) is 21.3 Å². The van der Waals surface area contributed by atoms with E-state index < -0.39 is 0 Å². The van der Waals surface area contributed by atoms with Crippen LogP contribution in [0.5, 0.6) is 5.75 Å². The fraction of sp³-hybridized carbons (Fsp3) is 0. The maximum atomic E-state index is 10.0. The van der Waals surface area contributed by atoms with E-state index in [4.69, 9.17) is 0 Å². The molecule has 3 aromatic carbocycles. The highest BCUT2D eigenvalue weighted by Crippen LogP contribution is 2.24. The van der Waals surface area contributed by atoms with Crippen molar-refractivity contribution in [2.24, 2.45) is 10.1 Å². The molecule has 4 rings (SSSR count). The van der Waals surface area contributed by atoms with E-state index in [0.29, 0.717) is 11.5 Å². The van der Waals surface area contributed by atoms with Crippen molar-refractivity contribution in [1.29, 1.82) is 0 Å². The number of hydrogen-bond acceptors (Lipinski definition) is 4. The van der Waals surface area contributed by atoms with E-state index in [-0.39, 0.29) is 5.75 Å². The predicted octanol–water partition coefficient (Wildman–Crippen LogP) is 5.65. The molecule has 0 fully saturated rings. The summed E-state index contributed by atoms with van der Waals surface area (Å²) in [7, 11) is 0. The monoisotopic (exact) mass is 444 g/mol. The average Bonchev–Trinajstić information content (AvgIpc) is 3.17. The summed E-state index contributed by atoms with van der Waals surface area (Å²) in [5.41, 5.74) is 3.30. The number of halogens is 1. The first-order chi connectivity index (χ1) is 14.2. The number of aliphatic imine (C=N–C) groups is 1. The minimum Gasteiger partial charge on any atom is -0.507 e. The Morgan fingerprint density at radius 1 is 0.897 bits per heavy atom. The SMILES string of the molecule is Oc1ccc(Br)cc1/C=N/c1nc(-c2ccccc2)cn1N=Cc1ccccc1. The maximum absolute atomic E-state index is 10.0. The van der Waals surface area contributed by atoms with Gasteiger partial charge in [0, 0.05) is 21.8 Å². The van der Waals surface area contributed by atoms with Crippen LogP contribution in [0.15, 0.2) is 99.6 Å². The van der Waals surface area contributed by atoms with Gasteiger partial charge in [0.2, 0.25) is 0 Å². The number of phenolic OH excluding ortho intramolecular Hbond substituents is 1. The summed E-state index contributed by atoms with van der Waals surface area (Å²) in [6, 6.07) is 24.9. The number of hydrogen-bond donors (Lipinski definition) is 1. The molecule has 0 aliphatic heterocycles. The van der Waals surface area contributed by atoms with E-state index >= 15 is 0 Å². The van der Waals surface area contributed by atoms with Gasteiger partial charge in [-0.2, -0.15) is 5.10 Å². The zero-order chi connectivity index (χ0) is 20.1. The van der Waals surface area contributed by atoms with Gasteiger partial charge in [-0.15, -0.1) is 0 Å². The third-order valence-corrected chi connectivity index (χ3v) is 4.67. The zero-order valence-electron chi connectivity index (χ0n) is 15.4. The van der Waals surface area contributed by atoms with Crippen LogP contribution in [-0.2, 0) is 0 Å². The molecule has 0 bridgehead atoms. The van der Waals surface area contributed by atoms with Crippen LogP contribution in [0.3, 0.4) is 0 Å². The maximum Gasteiger partial charge on any atom is 0.251 e. The molecule has 1 N–H and O–H groups in total. The number of rotatable bonds is 5. The molecule has 0 aliphatic rings. The van der Waals surface area contributed by atoms with Crippen LogP contribution in [0.2, 0.25) is 0 Å². The van der Waals surface area contributed by atoms with Gasteiger partial charge in [0.25, 0.3) is 5.95 Å². The van der Waals surface area contributed by atoms with Gasteiger partial charge in [0.1, 0.15) is 5.75 Å². The Hall–Kier alpha value is -3.51. The Morgan fingerprint density at radius 2 is 1.62 bits per heavy atom. The van der Waals surface area contributed by atoms with Crippen molar-refractivity contribution in [3.05, 3.63) is 101 Å². The molecule has 6 heteroatoms. The molecular weight excluding hydrogens is 428 g/mol. The van der Waals surface area contributed by atoms with Crippen molar-refractivity contribution in [1.82, 2.24) is 9.66 Å². The largest absolute Gasteiger partial charge is 0.507 e. The van der Waals surface area contributed by atoms with Crippen LogP contribution in [0.25, 0.3) is 11.3 Å². The summed E-state index contributed by atoms with van der Waals surface area (Å²) in [6.45, 7) is 0. The average molecular weight is 445 g/mol. The molecule has 1 heterocycles. The zero-order valence-corrected chi connectivity index (χ0v) is 16.9. The lowest BCUT2D eigenvalue weighted by Crippen LogP contribution is -1.90. The molecule has 0 atom stereocenters. The van der Waals surface area contributed by atoms with Gasteiger partial charge in [-0.05, 0) is 23.8 Å². The Labute approximate surface area is 176 Å². The third kappa shape index (κ3) is 4.67. The standard InChI is InChI=1S/C23H17BrN4O/c24-20-11-12-22(29)19(13-20)15-25-23-27-21(18-9-5-2-6-10-18)16-28(23)26-14-17-7-3-1-4-8-17/h1-16,29H/b25-15+,26-14?. The fourth-order valence-corrected chi connectivity index (χ4v) is 3.09. The van der Waals surface area contributed by atoms with Crippen LogP contribution in [0.1, 0.15) is 11.1 Å². The number of phenols is 1. The van der Waals surface area contributed by atoms with Crippen molar-refractivity contribution >= 4 is 34.3 Å². The second-order valence-electron chi connectivity index (χ2n) is 6.25. The van der Waals surface area contributed by atoms with Crippen LogP contribution in [0.4, 0.5) is 5.95 Å². The Kier molecular flexibility index (Phi) is 5.63. The first kappa shape index (κ1) is 18.8. The Balaban J connectivity index is 1.72. The van der Waals surface area contributed by atoms with Gasteiger partial charge >= 0.3 is 0 Å². The molecule has 0 amide bonds. The van der Waals surface area contributed by atoms with Crippen LogP contribution >= 0.6 is 15.9 Å². The van der Waals surface area contributed by atoms with Gasteiger partial charge in [0.15, 0.2) is 0 Å². The van der Waals surface area contributed by atoms with E-state index in [1.54, 1.807) is 35.3 Å². The first-order valence-electron chi connectivity index (χ1n) is 8.96. The molecule has 4 aromatic rings. The smallest absolute Gasteiger partial charge is 0.251 e. The second kappa shape index (κ2) is 8.67. The number of nitrogens with zero attached hydrogens (tertiary/aromatic N) is 4. The molecule has 0 unspecified atom stereocenters. The van der Waals surface area contributed by atoms with Crippen molar-refractivity contribution in [2.45, 2.75) is 0 Å². The summed E-state index contributed by atoms with van der Waals surface area (Å²) in [5, 5.41) is 14.6. The normalized spacial score (nSPS) is 11.5. The molecule has 29 heavy (non-hydrogen) atoms. The lowest BCUT2D eigenvalue weighted by Gasteiger charge is -1.99. The molecule has 0 saturated heterocycles. The van der Waals surface area contributed by atoms with Gasteiger partial charge < -0.3 is 5.11 Å². The Morgan fingerprint density at radius 3 is 2.38 bits per heavy atom. The van der Waals surface area contributed by atoms with Crippen molar-refractivity contribution in [3.63, 3.8) is 0 Å². The van der Waals surface area contributed by atoms with E-state index in [1.807, 2.05) is 66.9 Å². The summed E-state index contributed by atoms with van der Waals surface area (Å²) >= 11 is 3.41. The highest BCUT2D eigenvalue weighted by atomic mass is 79.9. The molecule has 1 aromatic heterocycles. The molecule has 0 saturated carbocycles. The molecule has 0 spiro atoms. The van der Waals surface area contributed by atoms with Gasteiger partial charge in [-0.3, -0.25) is 0 Å². The van der Waals surface area contributed by atoms with Crippen molar-refractivity contribution < 1.29 is 5.11 Å². The first-order valence-corrected chi connectivity index (χ1v) is 9.75. The van der Waals surface area contributed by atoms with E-state index in [1.165, 1.54) is 0 Å². The highest BCUT2D eigenvalue weighted by molar-refractivity contribution is 9.10. The summed E-state index contributed by atoms with van der Waals surface area (Å²) in [5.74, 6) is 0.557. The predicted molar refractivity (Wildman–Crippen MR) is 120 cm³/mol. The number of aromatic nitrogens is 2. The van der Waals surface area contributed by atoms with Gasteiger partial charge in [-0.1, -0.05) is 76.6 Å². The minimum atomic E-state index is 0.145. The van der Waals surface area contributed by atoms with Crippen molar-refractivity contribution in [2.75, 3.05) is 0 Å². The van der Waals surface area contributed by atoms with Crippen LogP contribution in [-0.4, -0.2) is 27.2 Å². The topological polar surface area (TPSA) is 62.8 Å². The lowest BCUT2D eigenvalue weighted by atomic mass is 10.2. The lowest BCUT2D eigenvalue weighted by molar-refractivity contribution is 0.474. The summed E-state index contributed by atoms with van der Waals surface area (Å²) in [6.07, 6.45) is 5.17. The number of aromatic hydroxyl groups is 1. The van der Waals surface area contributed by atoms with Crippen molar-refractivity contribution in [3.8, 4) is 17.0 Å². The third-order valence-electron chi connectivity index (χ3n) is 4.18. The molecule has 0 radical (unpaired) electrons. The highest BCUT2D eigenvalue weighted by Gasteiger charge is 2.08. The van der Waals surface area contributed by atoms with Crippen LogP contribution < -0.4 is 0 Å². The van der Waals surface area contributed by atoms with E-state index in [9.17, 15) is 5.11 Å². The van der Waals surface area contributed by atoms with E-state index in [2.05, 4.69) is 31.0 Å². The molecule has 0 aliphatic carbocycles.